The van der Waals surface area contributed by atoms with Crippen molar-refractivity contribution in [1.82, 2.24) is 0 Å². The summed E-state index contributed by atoms with van der Waals surface area (Å²) in [6, 6.07) is 6.78. The summed E-state index contributed by atoms with van der Waals surface area (Å²) in [4.78, 5) is 24.8. The first kappa shape index (κ1) is 16.1. The highest BCUT2D eigenvalue weighted by atomic mass is 79.9. The smallest absolute Gasteiger partial charge is 0.351 e. The van der Waals surface area contributed by atoms with E-state index in [-0.39, 0.29) is 18.6 Å². The molecule has 2 saturated heterocycles. The standard InChI is InChI=1S/C17H17BrO6/c1-16(2)22-12-8-17(7-11(13(12)23-16)21-15(17)20)24-14(19)9-3-5-10(18)6-4-9/h3-6,11-13H,7-8H2,1-2H3/t11-,12+,13-,17+/m0/s1. The lowest BCUT2D eigenvalue weighted by Crippen LogP contribution is -2.49. The van der Waals surface area contributed by atoms with Gasteiger partial charge in [0.15, 0.2) is 5.79 Å². The summed E-state index contributed by atoms with van der Waals surface area (Å²) in [5, 5.41) is 0. The SMILES string of the molecule is CC1(C)O[C@H]2[C@@H]3C[C@@](OC(=O)c4ccc(Br)cc4)(C[C@H]2O1)C(=O)O3. The quantitative estimate of drug-likeness (QED) is 0.715. The van der Waals surface area contributed by atoms with Gasteiger partial charge in [0, 0.05) is 17.3 Å². The van der Waals surface area contributed by atoms with Crippen molar-refractivity contribution in [3.63, 3.8) is 0 Å². The second-order valence-electron chi connectivity index (χ2n) is 6.88. The van der Waals surface area contributed by atoms with Crippen LogP contribution in [0.3, 0.4) is 0 Å². The van der Waals surface area contributed by atoms with Crippen molar-refractivity contribution in [2.45, 2.75) is 56.4 Å². The third-order valence-corrected chi connectivity index (χ3v) is 5.18. The van der Waals surface area contributed by atoms with Crippen LogP contribution in [-0.4, -0.2) is 41.6 Å². The van der Waals surface area contributed by atoms with E-state index < -0.39 is 29.4 Å². The molecule has 0 spiro atoms. The van der Waals surface area contributed by atoms with Crippen LogP contribution in [0.5, 0.6) is 0 Å². The zero-order valence-corrected chi connectivity index (χ0v) is 14.9. The highest BCUT2D eigenvalue weighted by Crippen LogP contribution is 2.48. The number of fused-ring (bicyclic) bond motifs is 4. The molecule has 0 N–H and O–H groups in total. The van der Waals surface area contributed by atoms with Crippen LogP contribution >= 0.6 is 15.9 Å². The molecule has 1 aliphatic carbocycles. The van der Waals surface area contributed by atoms with Crippen LogP contribution < -0.4 is 0 Å². The average molecular weight is 397 g/mol. The highest BCUT2D eigenvalue weighted by Gasteiger charge is 2.65. The number of hydrogen-bond acceptors (Lipinski definition) is 6. The average Bonchev–Trinajstić information content (AvgIpc) is 2.95. The molecule has 0 radical (unpaired) electrons. The van der Waals surface area contributed by atoms with Crippen LogP contribution in [0.2, 0.25) is 0 Å². The molecule has 7 heteroatoms. The van der Waals surface area contributed by atoms with Gasteiger partial charge in [0.05, 0.1) is 11.7 Å². The third-order valence-electron chi connectivity index (χ3n) is 4.65. The molecule has 4 rings (SSSR count). The molecule has 0 unspecified atom stereocenters. The molecule has 1 aromatic rings. The molecule has 128 valence electrons. The summed E-state index contributed by atoms with van der Waals surface area (Å²) in [5.74, 6) is -1.79. The monoisotopic (exact) mass is 396 g/mol. The number of ether oxygens (including phenoxy) is 4. The largest absolute Gasteiger partial charge is 0.456 e. The second kappa shape index (κ2) is 5.28. The van der Waals surface area contributed by atoms with Crippen LogP contribution in [0.25, 0.3) is 0 Å². The Bertz CT molecular complexity index is 700. The Balaban J connectivity index is 1.57. The molecule has 2 aliphatic heterocycles. The molecule has 0 amide bonds. The Morgan fingerprint density at radius 1 is 1.17 bits per heavy atom. The Kier molecular flexibility index (Phi) is 3.53. The number of halogens is 1. The Morgan fingerprint density at radius 2 is 1.83 bits per heavy atom. The minimum atomic E-state index is -1.29. The first-order valence-corrected chi connectivity index (χ1v) is 8.63. The normalized spacial score (nSPS) is 36.1. The molecular weight excluding hydrogens is 380 g/mol. The van der Waals surface area contributed by atoms with E-state index in [0.717, 1.165) is 4.47 Å². The van der Waals surface area contributed by atoms with Gasteiger partial charge in [0.2, 0.25) is 5.60 Å². The van der Waals surface area contributed by atoms with E-state index in [4.69, 9.17) is 18.9 Å². The van der Waals surface area contributed by atoms with Gasteiger partial charge in [-0.25, -0.2) is 9.59 Å². The van der Waals surface area contributed by atoms with Crippen molar-refractivity contribution in [3.8, 4) is 0 Å². The highest BCUT2D eigenvalue weighted by molar-refractivity contribution is 9.10. The molecular formula is C17H17BrO6. The van der Waals surface area contributed by atoms with Crippen LogP contribution in [0, 0.1) is 0 Å². The summed E-state index contributed by atoms with van der Waals surface area (Å²) in [7, 11) is 0. The van der Waals surface area contributed by atoms with Gasteiger partial charge < -0.3 is 18.9 Å². The Labute approximate surface area is 147 Å². The summed E-state index contributed by atoms with van der Waals surface area (Å²) >= 11 is 3.32. The van der Waals surface area contributed by atoms with Gasteiger partial charge >= 0.3 is 11.9 Å². The molecule has 4 atom stereocenters. The van der Waals surface area contributed by atoms with E-state index in [2.05, 4.69) is 15.9 Å². The van der Waals surface area contributed by atoms with Crippen LogP contribution in [-0.2, 0) is 23.7 Å². The molecule has 2 heterocycles. The van der Waals surface area contributed by atoms with Gasteiger partial charge in [-0.1, -0.05) is 15.9 Å². The van der Waals surface area contributed by atoms with Gasteiger partial charge in [0.1, 0.15) is 12.2 Å². The lowest BCUT2D eigenvalue weighted by atomic mass is 9.82. The first-order chi connectivity index (χ1) is 11.3. The van der Waals surface area contributed by atoms with Crippen molar-refractivity contribution in [2.75, 3.05) is 0 Å². The van der Waals surface area contributed by atoms with Crippen molar-refractivity contribution in [2.24, 2.45) is 0 Å². The van der Waals surface area contributed by atoms with E-state index in [1.54, 1.807) is 24.3 Å². The van der Waals surface area contributed by atoms with E-state index in [1.807, 2.05) is 13.8 Å². The molecule has 1 saturated carbocycles. The van der Waals surface area contributed by atoms with Gasteiger partial charge in [-0.2, -0.15) is 0 Å². The van der Waals surface area contributed by atoms with E-state index >= 15 is 0 Å². The summed E-state index contributed by atoms with van der Waals surface area (Å²) in [6.07, 6.45) is -0.544. The summed E-state index contributed by atoms with van der Waals surface area (Å²) < 4.78 is 23.6. The van der Waals surface area contributed by atoms with Crippen molar-refractivity contribution in [1.29, 1.82) is 0 Å². The fourth-order valence-corrected chi connectivity index (χ4v) is 3.92. The van der Waals surface area contributed by atoms with Crippen molar-refractivity contribution in [3.05, 3.63) is 34.3 Å². The first-order valence-electron chi connectivity index (χ1n) is 7.84. The Hall–Kier alpha value is -1.44. The van der Waals surface area contributed by atoms with E-state index in [1.165, 1.54) is 0 Å². The third kappa shape index (κ3) is 2.55. The van der Waals surface area contributed by atoms with Gasteiger partial charge in [-0.3, -0.25) is 0 Å². The fraction of sp³-hybridized carbons (Fsp3) is 0.529. The lowest BCUT2D eigenvalue weighted by Gasteiger charge is -2.32. The number of carbonyl (C=O) groups excluding carboxylic acids is 2. The molecule has 0 aromatic heterocycles. The van der Waals surface area contributed by atoms with E-state index in [9.17, 15) is 9.59 Å². The molecule has 1 aromatic carbocycles. The predicted molar refractivity (Wildman–Crippen MR) is 85.2 cm³/mol. The molecule has 24 heavy (non-hydrogen) atoms. The number of hydrogen-bond donors (Lipinski definition) is 0. The molecule has 6 nitrogen and oxygen atoms in total. The maximum atomic E-state index is 12.5. The minimum Gasteiger partial charge on any atom is -0.456 e. The van der Waals surface area contributed by atoms with Gasteiger partial charge in [-0.15, -0.1) is 0 Å². The zero-order chi connectivity index (χ0) is 17.1. The van der Waals surface area contributed by atoms with E-state index in [0.29, 0.717) is 12.0 Å². The zero-order valence-electron chi connectivity index (χ0n) is 13.3. The van der Waals surface area contributed by atoms with Crippen molar-refractivity contribution < 1.29 is 28.5 Å². The maximum absolute atomic E-state index is 12.5. The predicted octanol–water partition coefficient (Wildman–Crippen LogP) is 2.58. The Morgan fingerprint density at radius 3 is 2.54 bits per heavy atom. The summed E-state index contributed by atoms with van der Waals surface area (Å²) in [6.45, 7) is 3.64. The number of esters is 2. The number of benzene rings is 1. The topological polar surface area (TPSA) is 71.1 Å². The van der Waals surface area contributed by atoms with Gasteiger partial charge in [-0.05, 0) is 38.1 Å². The maximum Gasteiger partial charge on any atom is 0.351 e. The van der Waals surface area contributed by atoms with Crippen LogP contribution in [0.1, 0.15) is 37.0 Å². The number of carbonyl (C=O) groups is 2. The molecule has 3 aliphatic rings. The molecule has 3 fully saturated rings. The second-order valence-corrected chi connectivity index (χ2v) is 7.80. The van der Waals surface area contributed by atoms with Crippen LogP contribution in [0.15, 0.2) is 28.7 Å². The molecule has 2 bridgehead atoms. The summed E-state index contributed by atoms with van der Waals surface area (Å²) in [5.41, 5.74) is -0.908. The van der Waals surface area contributed by atoms with Gasteiger partial charge in [0.25, 0.3) is 0 Å². The van der Waals surface area contributed by atoms with Crippen LogP contribution in [0.4, 0.5) is 0 Å². The minimum absolute atomic E-state index is 0.249. The fourth-order valence-electron chi connectivity index (χ4n) is 3.65. The lowest BCUT2D eigenvalue weighted by molar-refractivity contribution is -0.172. The van der Waals surface area contributed by atoms with Crippen molar-refractivity contribution >= 4 is 27.9 Å². The number of rotatable bonds is 2.